The fraction of sp³-hybridized carbons (Fsp3) is 0.636. The summed E-state index contributed by atoms with van der Waals surface area (Å²) in [4.78, 5) is 22.9. The van der Waals surface area contributed by atoms with Crippen LogP contribution >= 0.6 is 0 Å². The molecule has 1 amide bonds. The summed E-state index contributed by atoms with van der Waals surface area (Å²) in [7, 11) is 0. The van der Waals surface area contributed by atoms with Crippen LogP contribution in [-0.4, -0.2) is 38.0 Å². The highest BCUT2D eigenvalue weighted by Gasteiger charge is 2.32. The maximum Gasteiger partial charge on any atom is 0.326 e. The molecule has 8 nitrogen and oxygen atoms in total. The van der Waals surface area contributed by atoms with Crippen molar-refractivity contribution in [1.82, 2.24) is 20.3 Å². The first-order valence-electron chi connectivity index (χ1n) is 5.85. The molecule has 0 saturated heterocycles. The van der Waals surface area contributed by atoms with Gasteiger partial charge < -0.3 is 16.2 Å². The summed E-state index contributed by atoms with van der Waals surface area (Å²) < 4.78 is 1.32. The SMILES string of the molecule is CC(C)(C)[C@@H](NC(=O)Cn1cc(CN)nn1)C(=O)O. The molecular formula is C11H19N5O3. The highest BCUT2D eigenvalue weighted by Crippen LogP contribution is 2.19. The van der Waals surface area contributed by atoms with E-state index in [4.69, 9.17) is 10.8 Å². The van der Waals surface area contributed by atoms with E-state index in [1.165, 1.54) is 4.68 Å². The van der Waals surface area contributed by atoms with Crippen molar-refractivity contribution in [3.63, 3.8) is 0 Å². The first-order valence-corrected chi connectivity index (χ1v) is 5.85. The molecule has 0 saturated carbocycles. The Balaban J connectivity index is 2.65. The number of hydrogen-bond acceptors (Lipinski definition) is 5. The van der Waals surface area contributed by atoms with E-state index in [9.17, 15) is 9.59 Å². The minimum absolute atomic E-state index is 0.0904. The van der Waals surface area contributed by atoms with Gasteiger partial charge in [0, 0.05) is 6.54 Å². The number of carboxylic acids is 1. The smallest absolute Gasteiger partial charge is 0.326 e. The highest BCUT2D eigenvalue weighted by atomic mass is 16.4. The zero-order valence-electron chi connectivity index (χ0n) is 11.3. The van der Waals surface area contributed by atoms with Gasteiger partial charge in [0.1, 0.15) is 12.6 Å². The molecule has 1 atom stereocenters. The van der Waals surface area contributed by atoms with Gasteiger partial charge in [-0.25, -0.2) is 9.48 Å². The van der Waals surface area contributed by atoms with Crippen LogP contribution in [0.3, 0.4) is 0 Å². The zero-order chi connectivity index (χ0) is 14.6. The number of carbonyl (C=O) groups excluding carboxylic acids is 1. The van der Waals surface area contributed by atoms with E-state index in [0.717, 1.165) is 0 Å². The lowest BCUT2D eigenvalue weighted by Crippen LogP contribution is -2.50. The Labute approximate surface area is 111 Å². The largest absolute Gasteiger partial charge is 0.480 e. The molecule has 19 heavy (non-hydrogen) atoms. The summed E-state index contributed by atoms with van der Waals surface area (Å²) >= 11 is 0. The van der Waals surface area contributed by atoms with Gasteiger partial charge in [-0.3, -0.25) is 4.79 Å². The third kappa shape index (κ3) is 4.32. The number of nitrogens with zero attached hydrogens (tertiary/aromatic N) is 3. The fourth-order valence-corrected chi connectivity index (χ4v) is 1.51. The van der Waals surface area contributed by atoms with Gasteiger partial charge in [0.15, 0.2) is 0 Å². The monoisotopic (exact) mass is 269 g/mol. The maximum atomic E-state index is 11.8. The summed E-state index contributed by atoms with van der Waals surface area (Å²) in [6.07, 6.45) is 1.55. The van der Waals surface area contributed by atoms with E-state index >= 15 is 0 Å². The van der Waals surface area contributed by atoms with Crippen molar-refractivity contribution in [2.75, 3.05) is 0 Å². The minimum Gasteiger partial charge on any atom is -0.480 e. The number of aliphatic carboxylic acids is 1. The van der Waals surface area contributed by atoms with Crippen LogP contribution in [0.2, 0.25) is 0 Å². The third-order valence-electron chi connectivity index (χ3n) is 2.52. The van der Waals surface area contributed by atoms with Crippen molar-refractivity contribution in [1.29, 1.82) is 0 Å². The van der Waals surface area contributed by atoms with Gasteiger partial charge in [0.05, 0.1) is 11.9 Å². The molecule has 4 N–H and O–H groups in total. The predicted molar refractivity (Wildman–Crippen MR) is 66.9 cm³/mol. The fourth-order valence-electron chi connectivity index (χ4n) is 1.51. The number of nitrogens with two attached hydrogens (primary N) is 1. The minimum atomic E-state index is -1.07. The molecule has 1 aromatic heterocycles. The van der Waals surface area contributed by atoms with Crippen LogP contribution in [-0.2, 0) is 22.7 Å². The topological polar surface area (TPSA) is 123 Å². The first-order chi connectivity index (χ1) is 8.74. The molecule has 0 aliphatic heterocycles. The molecular weight excluding hydrogens is 250 g/mol. The standard InChI is InChI=1S/C11H19N5O3/c1-11(2,3)9(10(18)19)13-8(17)6-16-5-7(4-12)14-15-16/h5,9H,4,6,12H2,1-3H3,(H,13,17)(H,18,19)/t9-/m0/s1. The average molecular weight is 269 g/mol. The zero-order valence-corrected chi connectivity index (χ0v) is 11.3. The molecule has 0 spiro atoms. The Kier molecular flexibility index (Phi) is 4.60. The van der Waals surface area contributed by atoms with Gasteiger partial charge in [0.25, 0.3) is 0 Å². The van der Waals surface area contributed by atoms with Crippen LogP contribution < -0.4 is 11.1 Å². The van der Waals surface area contributed by atoms with Gasteiger partial charge in [-0.15, -0.1) is 5.10 Å². The van der Waals surface area contributed by atoms with Gasteiger partial charge in [-0.05, 0) is 5.41 Å². The van der Waals surface area contributed by atoms with Crippen molar-refractivity contribution in [3.05, 3.63) is 11.9 Å². The average Bonchev–Trinajstić information content (AvgIpc) is 2.71. The molecule has 0 fully saturated rings. The number of carboxylic acid groups (broad SMARTS) is 1. The molecule has 0 unspecified atom stereocenters. The van der Waals surface area contributed by atoms with Crippen LogP contribution in [0.15, 0.2) is 6.20 Å². The summed E-state index contributed by atoms with van der Waals surface area (Å²) in [6.45, 7) is 5.38. The van der Waals surface area contributed by atoms with Gasteiger partial charge in [0.2, 0.25) is 5.91 Å². The summed E-state index contributed by atoms with van der Waals surface area (Å²) in [5, 5.41) is 19.0. The van der Waals surface area contributed by atoms with Crippen molar-refractivity contribution in [2.24, 2.45) is 11.1 Å². The van der Waals surface area contributed by atoms with Crippen LogP contribution in [0.4, 0.5) is 0 Å². The molecule has 0 radical (unpaired) electrons. The van der Waals surface area contributed by atoms with Gasteiger partial charge in [-0.2, -0.15) is 0 Å². The lowest BCUT2D eigenvalue weighted by Gasteiger charge is -2.27. The second-order valence-corrected chi connectivity index (χ2v) is 5.32. The lowest BCUT2D eigenvalue weighted by atomic mass is 9.87. The number of aromatic nitrogens is 3. The Morgan fingerprint density at radius 2 is 2.16 bits per heavy atom. The Hall–Kier alpha value is -1.96. The van der Waals surface area contributed by atoms with E-state index < -0.39 is 23.3 Å². The van der Waals surface area contributed by atoms with Crippen molar-refractivity contribution < 1.29 is 14.7 Å². The molecule has 0 aromatic carbocycles. The number of carbonyl (C=O) groups is 2. The van der Waals surface area contributed by atoms with Gasteiger partial charge >= 0.3 is 5.97 Å². The molecule has 1 heterocycles. The lowest BCUT2D eigenvalue weighted by molar-refractivity contribution is -0.145. The van der Waals surface area contributed by atoms with Crippen molar-refractivity contribution in [3.8, 4) is 0 Å². The number of hydrogen-bond donors (Lipinski definition) is 3. The highest BCUT2D eigenvalue weighted by molar-refractivity contribution is 5.83. The van der Waals surface area contributed by atoms with E-state index in [1.807, 2.05) is 0 Å². The molecule has 106 valence electrons. The number of nitrogens with one attached hydrogen (secondary N) is 1. The van der Waals surface area contributed by atoms with Gasteiger partial charge in [-0.1, -0.05) is 26.0 Å². The maximum absolute atomic E-state index is 11.8. The Morgan fingerprint density at radius 3 is 2.58 bits per heavy atom. The Bertz CT molecular complexity index is 463. The van der Waals surface area contributed by atoms with Crippen LogP contribution in [0.1, 0.15) is 26.5 Å². The summed E-state index contributed by atoms with van der Waals surface area (Å²) in [5.41, 5.74) is 5.37. The van der Waals surface area contributed by atoms with E-state index in [2.05, 4.69) is 15.6 Å². The second kappa shape index (κ2) is 5.79. The second-order valence-electron chi connectivity index (χ2n) is 5.32. The number of amides is 1. The first kappa shape index (κ1) is 15.1. The molecule has 1 aromatic rings. The van der Waals surface area contributed by atoms with Crippen LogP contribution in [0.25, 0.3) is 0 Å². The van der Waals surface area contributed by atoms with Crippen molar-refractivity contribution in [2.45, 2.75) is 39.9 Å². The number of rotatable bonds is 5. The van der Waals surface area contributed by atoms with E-state index in [-0.39, 0.29) is 13.1 Å². The molecule has 0 bridgehead atoms. The normalized spacial score (nSPS) is 13.1. The van der Waals surface area contributed by atoms with E-state index in [1.54, 1.807) is 27.0 Å². The quantitative estimate of drug-likeness (QED) is 0.653. The molecule has 0 aliphatic carbocycles. The molecule has 0 aliphatic rings. The third-order valence-corrected chi connectivity index (χ3v) is 2.52. The summed E-state index contributed by atoms with van der Waals surface area (Å²) in [6, 6.07) is -0.961. The Morgan fingerprint density at radius 1 is 1.53 bits per heavy atom. The summed E-state index contributed by atoms with van der Waals surface area (Å²) in [5.74, 6) is -1.50. The predicted octanol–water partition coefficient (Wildman–Crippen LogP) is -0.648. The van der Waals surface area contributed by atoms with Crippen molar-refractivity contribution >= 4 is 11.9 Å². The van der Waals surface area contributed by atoms with Crippen LogP contribution in [0.5, 0.6) is 0 Å². The van der Waals surface area contributed by atoms with Crippen LogP contribution in [0, 0.1) is 5.41 Å². The van der Waals surface area contributed by atoms with E-state index in [0.29, 0.717) is 5.69 Å². The molecule has 1 rings (SSSR count). The molecule has 8 heteroatoms.